The van der Waals surface area contributed by atoms with Crippen LogP contribution < -0.4 is 5.32 Å². The molecule has 4 aliphatic rings. The summed E-state index contributed by atoms with van der Waals surface area (Å²) in [6.45, 7) is 24.5. The van der Waals surface area contributed by atoms with Crippen molar-refractivity contribution >= 4 is 34.5 Å². The first-order valence-electron chi connectivity index (χ1n) is 23.5. The Bertz CT molecular complexity index is 2070. The molecule has 2 saturated carbocycles. The van der Waals surface area contributed by atoms with Crippen molar-refractivity contribution in [2.45, 2.75) is 179 Å². The average molecular weight is 1170 g/mol. The number of ketones is 1. The van der Waals surface area contributed by atoms with E-state index in [9.17, 15) is 24.9 Å². The van der Waals surface area contributed by atoms with Gasteiger partial charge in [0, 0.05) is 68.2 Å². The molecule has 3 aliphatic carbocycles. The zero-order valence-electron chi connectivity index (χ0n) is 41.4. The Morgan fingerprint density at radius 1 is 0.939 bits per heavy atom. The van der Waals surface area contributed by atoms with Crippen LogP contribution in [0.15, 0.2) is 71.8 Å². The molecule has 1 heterocycles. The molecule has 0 aromatic heterocycles. The van der Waals surface area contributed by atoms with Crippen molar-refractivity contribution in [1.29, 1.82) is 0 Å². The monoisotopic (exact) mass is 1160 g/mol. The summed E-state index contributed by atoms with van der Waals surface area (Å²) in [6, 6.07) is 19.4. The van der Waals surface area contributed by atoms with Gasteiger partial charge in [-0.25, -0.2) is 9.59 Å². The van der Waals surface area contributed by atoms with Gasteiger partial charge in [-0.2, -0.15) is 0 Å². The van der Waals surface area contributed by atoms with Gasteiger partial charge in [-0.05, 0) is 101 Å². The van der Waals surface area contributed by atoms with Crippen molar-refractivity contribution in [3.8, 4) is 0 Å². The summed E-state index contributed by atoms with van der Waals surface area (Å²) in [6.07, 6.45) is -7.27. The number of aliphatic hydroxyl groups is 3. The number of nitrogens with one attached hydrogen (secondary N) is 1. The maximum absolute atomic E-state index is 15.7. The molecule has 1 saturated heterocycles. The van der Waals surface area contributed by atoms with Crippen LogP contribution in [0.1, 0.15) is 104 Å². The van der Waals surface area contributed by atoms with E-state index in [1.807, 2.05) is 50.0 Å². The van der Waals surface area contributed by atoms with Gasteiger partial charge in [-0.15, -0.1) is 0 Å². The normalized spacial score (nSPS) is 31.7. The van der Waals surface area contributed by atoms with Gasteiger partial charge in [0.25, 0.3) is 0 Å². The van der Waals surface area contributed by atoms with E-state index >= 15 is 4.79 Å². The maximum Gasteiger partial charge on any atom is 0.408 e. The van der Waals surface area contributed by atoms with Gasteiger partial charge >= 0.3 is 12.1 Å². The first-order valence-corrected chi connectivity index (χ1v) is 29.4. The summed E-state index contributed by atoms with van der Waals surface area (Å²) < 4.78 is 39.4. The van der Waals surface area contributed by atoms with Gasteiger partial charge in [0.05, 0.1) is 54.6 Å². The summed E-state index contributed by atoms with van der Waals surface area (Å²) in [5, 5.41) is 42.7. The number of amides is 1. The Morgan fingerprint density at radius 3 is 2.03 bits per heavy atom. The summed E-state index contributed by atoms with van der Waals surface area (Å²) in [7, 11) is -4.85. The Kier molecular flexibility index (Phi) is 17.1. The largest absolute Gasteiger partial charge is 0.455 e. The molecule has 13 nitrogen and oxygen atoms in total. The molecule has 11 atom stereocenters. The second kappa shape index (κ2) is 20.5. The first-order chi connectivity index (χ1) is 30.2. The summed E-state index contributed by atoms with van der Waals surface area (Å²) in [5.74, 6) is -2.62. The minimum Gasteiger partial charge on any atom is -0.455 e. The van der Waals surface area contributed by atoms with Crippen LogP contribution in [0.5, 0.6) is 0 Å². The van der Waals surface area contributed by atoms with Crippen molar-refractivity contribution in [1.82, 2.24) is 5.32 Å². The van der Waals surface area contributed by atoms with Gasteiger partial charge in [0.1, 0.15) is 29.0 Å². The zero-order chi connectivity index (χ0) is 48.1. The van der Waals surface area contributed by atoms with Gasteiger partial charge in [0.2, 0.25) is 0 Å². The van der Waals surface area contributed by atoms with E-state index in [1.165, 1.54) is 0 Å². The fraction of sp³-hybridized carbons (Fsp3) is 0.660. The predicted molar refractivity (Wildman–Crippen MR) is 252 cm³/mol. The molecule has 0 spiro atoms. The van der Waals surface area contributed by atoms with Crippen LogP contribution in [-0.2, 0) is 32.6 Å². The molecule has 6 rings (SSSR count). The fourth-order valence-electron chi connectivity index (χ4n) is 11.2. The topological polar surface area (TPSA) is 179 Å². The number of carbonyl (C=O) groups is 3. The third-order valence-corrected chi connectivity index (χ3v) is 20.7. The number of Topliss-reactive ketones (excluding diaryl/α,β-unsaturated/α-hetero) is 1. The van der Waals surface area contributed by atoms with E-state index in [2.05, 4.69) is 26.1 Å². The van der Waals surface area contributed by atoms with Crippen LogP contribution in [0.3, 0.4) is 0 Å². The number of alkyl carbamates (subject to hydrolysis) is 1. The third kappa shape index (κ3) is 10.5. The summed E-state index contributed by atoms with van der Waals surface area (Å²) in [4.78, 5) is 43.7. The molecule has 2 aromatic carbocycles. The Hall–Kier alpha value is -1.81. The molecular weight excluding hydrogens is 1090 g/mol. The van der Waals surface area contributed by atoms with Gasteiger partial charge in [-0.1, -0.05) is 83.1 Å². The maximum atomic E-state index is 15.7. The molecular formula is C50H75AcNO12Si2. The Morgan fingerprint density at radius 2 is 1.52 bits per heavy atom. The molecule has 11 unspecified atom stereocenters. The van der Waals surface area contributed by atoms with Gasteiger partial charge in [-0.3, -0.25) is 4.79 Å². The van der Waals surface area contributed by atoms with Crippen molar-refractivity contribution in [2.24, 2.45) is 16.7 Å². The second-order valence-corrected chi connectivity index (χ2v) is 30.8. The molecule has 3 fully saturated rings. The number of esters is 1. The number of fused-ring (bicyclic) bond motifs is 5. The minimum absolute atomic E-state index is 0. The number of ether oxygens (including phenoxy) is 4. The van der Waals surface area contributed by atoms with Crippen LogP contribution in [0.25, 0.3) is 0 Å². The molecule has 363 valence electrons. The van der Waals surface area contributed by atoms with E-state index in [0.29, 0.717) is 5.57 Å². The van der Waals surface area contributed by atoms with Crippen molar-refractivity contribution in [2.75, 3.05) is 13.2 Å². The summed E-state index contributed by atoms with van der Waals surface area (Å²) >= 11 is 0. The standard InChI is InChI=1S/C50H75NO12Si2.Ac/c1-14-65(15-2,16-3)63-36-27-37-49(56,30-59-37)41-43(60-44(54)33-25-21-18-22-26-33)50(57)28-34(31(4)38(47(50,8)9)40(52)42(53)48(36,41)10)58-29-35(62-64(11,12)13)39(32-23-19-17-20-24-32)51-45(55)61-46(5,6)7;/h17-26,34-37,39-41,43,52,56-57H,14-16,27-30H2,1-13H3,(H,51,55);. The Labute approximate surface area is 430 Å². The van der Waals surface area contributed by atoms with E-state index < -0.39 is 111 Å². The van der Waals surface area contributed by atoms with Crippen LogP contribution in [0.4, 0.5) is 4.79 Å². The number of hydrogen-bond donors (Lipinski definition) is 4. The molecule has 1 amide bonds. The van der Waals surface area contributed by atoms with E-state index in [0.717, 1.165) is 23.7 Å². The fourth-order valence-corrected chi connectivity index (χ4v) is 15.3. The first kappa shape index (κ1) is 55.1. The van der Waals surface area contributed by atoms with Crippen LogP contribution in [0.2, 0.25) is 37.8 Å². The van der Waals surface area contributed by atoms with E-state index in [1.54, 1.807) is 78.8 Å². The second-order valence-electron chi connectivity index (χ2n) is 21.6. The molecule has 1 radical (unpaired) electrons. The van der Waals surface area contributed by atoms with Crippen LogP contribution in [-0.4, -0.2) is 116 Å². The Balaban J connectivity index is 0.00000817. The van der Waals surface area contributed by atoms with Crippen molar-refractivity contribution < 1.29 is 102 Å². The molecule has 4 N–H and O–H groups in total. The molecule has 2 aromatic rings. The van der Waals surface area contributed by atoms with Crippen LogP contribution in [0, 0.1) is 60.8 Å². The number of carbonyl (C=O) groups excluding carboxylic acids is 3. The molecule has 2 bridgehead atoms. The predicted octanol–water partition coefficient (Wildman–Crippen LogP) is 8.05. The van der Waals surface area contributed by atoms with Crippen LogP contribution >= 0.6 is 0 Å². The smallest absolute Gasteiger partial charge is 0.408 e. The molecule has 66 heavy (non-hydrogen) atoms. The zero-order valence-corrected chi connectivity index (χ0v) is 48.2. The summed E-state index contributed by atoms with van der Waals surface area (Å²) in [5.41, 5.74) is -5.91. The van der Waals surface area contributed by atoms with E-state index in [4.69, 9.17) is 27.8 Å². The number of aliphatic hydroxyl groups excluding tert-OH is 1. The molecule has 16 heteroatoms. The minimum atomic E-state index is -2.48. The SMILES string of the molecule is CC[Si](CC)(CC)OC1CC2OCC2(O)C2C(OC(=O)c3ccccc3)C3(O)CC(OCC(O[Si](C)(C)C)C(NC(=O)OC(C)(C)C)c4ccccc4)C(C)=C(C(O)C(=O)C12C)C3(C)C.[Ac]. The van der Waals surface area contributed by atoms with Crippen molar-refractivity contribution in [3.05, 3.63) is 82.9 Å². The van der Waals surface area contributed by atoms with E-state index in [-0.39, 0.29) is 81.3 Å². The number of hydrogen-bond acceptors (Lipinski definition) is 12. The quantitative estimate of drug-likeness (QED) is 0.0768. The average Bonchev–Trinajstić information content (AvgIpc) is 3.23. The number of benzene rings is 2. The molecule has 1 aliphatic heterocycles. The number of rotatable bonds is 15. The van der Waals surface area contributed by atoms with Crippen molar-refractivity contribution in [3.63, 3.8) is 0 Å². The third-order valence-electron chi connectivity index (χ3n) is 15.1. The van der Waals surface area contributed by atoms with Gasteiger partial charge in [0.15, 0.2) is 22.4 Å². The van der Waals surface area contributed by atoms with Gasteiger partial charge < -0.3 is 48.4 Å².